The molecule has 16 heavy (non-hydrogen) atoms. The van der Waals surface area contributed by atoms with Crippen LogP contribution in [-0.2, 0) is 16.1 Å². The van der Waals surface area contributed by atoms with Gasteiger partial charge in [-0.3, -0.25) is 4.79 Å². The summed E-state index contributed by atoms with van der Waals surface area (Å²) in [6.07, 6.45) is 1.54. The summed E-state index contributed by atoms with van der Waals surface area (Å²) in [4.78, 5) is 11.6. The molecule has 88 valence electrons. The molecule has 0 aliphatic carbocycles. The SMILES string of the molecule is Cc1nnc(CNC(=O)CC2CCOC2)s1. The van der Waals surface area contributed by atoms with Crippen LogP contribution in [0.3, 0.4) is 0 Å². The summed E-state index contributed by atoms with van der Waals surface area (Å²) in [6.45, 7) is 3.88. The highest BCUT2D eigenvalue weighted by atomic mass is 32.1. The number of nitrogens with zero attached hydrogens (tertiary/aromatic N) is 2. The van der Waals surface area contributed by atoms with Crippen LogP contribution in [0.5, 0.6) is 0 Å². The molecule has 0 aromatic carbocycles. The first kappa shape index (κ1) is 11.5. The minimum absolute atomic E-state index is 0.0725. The lowest BCUT2D eigenvalue weighted by Gasteiger charge is -2.06. The molecular weight excluding hydrogens is 226 g/mol. The first-order chi connectivity index (χ1) is 7.74. The Morgan fingerprint density at radius 1 is 1.62 bits per heavy atom. The summed E-state index contributed by atoms with van der Waals surface area (Å²) in [6, 6.07) is 0. The number of carbonyl (C=O) groups is 1. The number of carbonyl (C=O) groups excluding carboxylic acids is 1. The lowest BCUT2D eigenvalue weighted by molar-refractivity contribution is -0.122. The Kier molecular flexibility index (Phi) is 3.84. The molecule has 1 aromatic heterocycles. The zero-order valence-electron chi connectivity index (χ0n) is 9.23. The van der Waals surface area contributed by atoms with Crippen LogP contribution < -0.4 is 5.32 Å². The molecule has 6 heteroatoms. The number of hydrogen-bond donors (Lipinski definition) is 1. The first-order valence-electron chi connectivity index (χ1n) is 5.37. The van der Waals surface area contributed by atoms with E-state index in [0.29, 0.717) is 25.5 Å². The molecule has 0 spiro atoms. The average Bonchev–Trinajstić information content (AvgIpc) is 2.87. The Balaban J connectivity index is 1.71. The molecule has 5 nitrogen and oxygen atoms in total. The summed E-state index contributed by atoms with van der Waals surface area (Å²) in [5, 5.41) is 12.5. The van der Waals surface area contributed by atoms with Crippen molar-refractivity contribution in [3.05, 3.63) is 10.0 Å². The molecule has 1 fully saturated rings. The second-order valence-electron chi connectivity index (χ2n) is 3.93. The topological polar surface area (TPSA) is 64.1 Å². The number of rotatable bonds is 4. The number of aryl methyl sites for hydroxylation is 1. The van der Waals surface area contributed by atoms with E-state index in [1.807, 2.05) is 6.92 Å². The predicted molar refractivity (Wildman–Crippen MR) is 60.0 cm³/mol. The van der Waals surface area contributed by atoms with Crippen molar-refractivity contribution in [3.63, 3.8) is 0 Å². The van der Waals surface area contributed by atoms with Gasteiger partial charge in [-0.25, -0.2) is 0 Å². The van der Waals surface area contributed by atoms with Crippen LogP contribution in [0.25, 0.3) is 0 Å². The zero-order valence-corrected chi connectivity index (χ0v) is 10.0. The van der Waals surface area contributed by atoms with E-state index in [1.54, 1.807) is 0 Å². The minimum Gasteiger partial charge on any atom is -0.381 e. The maximum Gasteiger partial charge on any atom is 0.220 e. The molecule has 1 aromatic rings. The van der Waals surface area contributed by atoms with E-state index in [-0.39, 0.29) is 5.91 Å². The van der Waals surface area contributed by atoms with Gasteiger partial charge in [0.2, 0.25) is 5.91 Å². The third-order valence-electron chi connectivity index (χ3n) is 2.50. The molecular formula is C10H15N3O2S. The molecule has 1 aliphatic heterocycles. The predicted octanol–water partition coefficient (Wildman–Crippen LogP) is 0.889. The van der Waals surface area contributed by atoms with Gasteiger partial charge in [-0.15, -0.1) is 10.2 Å². The van der Waals surface area contributed by atoms with E-state index in [0.717, 1.165) is 23.0 Å². The quantitative estimate of drug-likeness (QED) is 0.850. The Hall–Kier alpha value is -1.01. The van der Waals surface area contributed by atoms with Crippen molar-refractivity contribution < 1.29 is 9.53 Å². The highest BCUT2D eigenvalue weighted by Crippen LogP contribution is 2.16. The van der Waals surface area contributed by atoms with Crippen molar-refractivity contribution in [2.45, 2.75) is 26.3 Å². The van der Waals surface area contributed by atoms with Crippen LogP contribution in [0.15, 0.2) is 0 Å². The van der Waals surface area contributed by atoms with E-state index >= 15 is 0 Å². The van der Waals surface area contributed by atoms with Crippen LogP contribution >= 0.6 is 11.3 Å². The molecule has 2 heterocycles. The van der Waals surface area contributed by atoms with Crippen molar-refractivity contribution in [2.75, 3.05) is 13.2 Å². The fourth-order valence-electron chi connectivity index (χ4n) is 1.66. The minimum atomic E-state index is 0.0725. The Bertz CT molecular complexity index is 361. The van der Waals surface area contributed by atoms with E-state index < -0.39 is 0 Å². The van der Waals surface area contributed by atoms with Crippen molar-refractivity contribution in [3.8, 4) is 0 Å². The van der Waals surface area contributed by atoms with Crippen LogP contribution in [0, 0.1) is 12.8 Å². The zero-order chi connectivity index (χ0) is 11.4. The fraction of sp³-hybridized carbons (Fsp3) is 0.700. The maximum absolute atomic E-state index is 11.6. The number of ether oxygens (including phenoxy) is 1. The molecule has 0 radical (unpaired) electrons. The van der Waals surface area contributed by atoms with Crippen LogP contribution in [0.2, 0.25) is 0 Å². The van der Waals surface area contributed by atoms with Gasteiger partial charge in [0, 0.05) is 19.6 Å². The van der Waals surface area contributed by atoms with Crippen molar-refractivity contribution in [1.29, 1.82) is 0 Å². The highest BCUT2D eigenvalue weighted by Gasteiger charge is 2.18. The number of amides is 1. The molecule has 1 N–H and O–H groups in total. The van der Waals surface area contributed by atoms with Gasteiger partial charge in [0.15, 0.2) is 0 Å². The van der Waals surface area contributed by atoms with Crippen LogP contribution in [-0.4, -0.2) is 29.3 Å². The van der Waals surface area contributed by atoms with E-state index in [1.165, 1.54) is 11.3 Å². The van der Waals surface area contributed by atoms with E-state index in [4.69, 9.17) is 4.74 Å². The Morgan fingerprint density at radius 3 is 3.12 bits per heavy atom. The van der Waals surface area contributed by atoms with Gasteiger partial charge in [-0.2, -0.15) is 0 Å². The second kappa shape index (κ2) is 5.36. The van der Waals surface area contributed by atoms with E-state index in [9.17, 15) is 4.79 Å². The largest absolute Gasteiger partial charge is 0.381 e. The molecule has 0 bridgehead atoms. The first-order valence-corrected chi connectivity index (χ1v) is 6.19. The molecule has 1 unspecified atom stereocenters. The summed E-state index contributed by atoms with van der Waals surface area (Å²) in [5.74, 6) is 0.458. The third-order valence-corrected chi connectivity index (χ3v) is 3.34. The van der Waals surface area contributed by atoms with Gasteiger partial charge in [0.25, 0.3) is 0 Å². The summed E-state index contributed by atoms with van der Waals surface area (Å²) in [5.41, 5.74) is 0. The third kappa shape index (κ3) is 3.24. The monoisotopic (exact) mass is 241 g/mol. The number of aromatic nitrogens is 2. The molecule has 1 amide bonds. The Labute approximate surface area is 98.2 Å². The molecule has 0 saturated carbocycles. The van der Waals surface area contributed by atoms with Gasteiger partial charge in [0.1, 0.15) is 10.0 Å². The average molecular weight is 241 g/mol. The molecule has 1 aliphatic rings. The lowest BCUT2D eigenvalue weighted by Crippen LogP contribution is -2.25. The normalized spacial score (nSPS) is 19.9. The lowest BCUT2D eigenvalue weighted by atomic mass is 10.1. The second-order valence-corrected chi connectivity index (χ2v) is 5.19. The standard InChI is InChI=1S/C10H15N3O2S/c1-7-12-13-10(16-7)5-11-9(14)4-8-2-3-15-6-8/h8H,2-6H2,1H3,(H,11,14). The van der Waals surface area contributed by atoms with E-state index in [2.05, 4.69) is 15.5 Å². The molecule has 1 atom stereocenters. The highest BCUT2D eigenvalue weighted by molar-refractivity contribution is 7.11. The fourth-order valence-corrected chi connectivity index (χ4v) is 2.31. The van der Waals surface area contributed by atoms with Gasteiger partial charge in [-0.05, 0) is 19.3 Å². The van der Waals surface area contributed by atoms with Gasteiger partial charge < -0.3 is 10.1 Å². The molecule has 2 rings (SSSR count). The van der Waals surface area contributed by atoms with Crippen molar-refractivity contribution in [2.24, 2.45) is 5.92 Å². The van der Waals surface area contributed by atoms with Crippen molar-refractivity contribution in [1.82, 2.24) is 15.5 Å². The Morgan fingerprint density at radius 2 is 2.50 bits per heavy atom. The van der Waals surface area contributed by atoms with Crippen LogP contribution in [0.4, 0.5) is 0 Å². The maximum atomic E-state index is 11.6. The summed E-state index contributed by atoms with van der Waals surface area (Å²) in [7, 11) is 0. The summed E-state index contributed by atoms with van der Waals surface area (Å²) < 4.78 is 5.22. The molecule has 1 saturated heterocycles. The smallest absolute Gasteiger partial charge is 0.220 e. The van der Waals surface area contributed by atoms with Gasteiger partial charge in [-0.1, -0.05) is 11.3 Å². The number of nitrogens with one attached hydrogen (secondary N) is 1. The van der Waals surface area contributed by atoms with Crippen molar-refractivity contribution >= 4 is 17.2 Å². The number of hydrogen-bond acceptors (Lipinski definition) is 5. The van der Waals surface area contributed by atoms with Gasteiger partial charge >= 0.3 is 0 Å². The van der Waals surface area contributed by atoms with Gasteiger partial charge in [0.05, 0.1) is 6.54 Å². The van der Waals surface area contributed by atoms with Crippen LogP contribution in [0.1, 0.15) is 22.9 Å². The summed E-state index contributed by atoms with van der Waals surface area (Å²) >= 11 is 1.51.